The number of ether oxygens (including phenoxy) is 1. The molecule has 0 unspecified atom stereocenters. The Balaban J connectivity index is 2.17. The SMILES string of the molecule is COC(=O)[C@@H]1CCCN1C(=O)[C@@H](CC(=O)O)NS(=O)(=O)Cc1ccccc1. The van der Waals surface area contributed by atoms with E-state index in [0.29, 0.717) is 18.4 Å². The molecule has 2 rings (SSSR count). The van der Waals surface area contributed by atoms with E-state index in [1.165, 1.54) is 12.0 Å². The van der Waals surface area contributed by atoms with Crippen LogP contribution in [0.4, 0.5) is 0 Å². The smallest absolute Gasteiger partial charge is 0.328 e. The van der Waals surface area contributed by atoms with E-state index in [1.54, 1.807) is 30.3 Å². The highest BCUT2D eigenvalue weighted by molar-refractivity contribution is 7.88. The van der Waals surface area contributed by atoms with E-state index in [1.807, 2.05) is 0 Å². The molecule has 1 aromatic rings. The van der Waals surface area contributed by atoms with Crippen molar-refractivity contribution in [1.82, 2.24) is 9.62 Å². The van der Waals surface area contributed by atoms with Crippen molar-refractivity contribution in [2.24, 2.45) is 0 Å². The number of carboxylic acids is 1. The van der Waals surface area contributed by atoms with E-state index in [-0.39, 0.29) is 6.54 Å². The molecule has 0 bridgehead atoms. The molecule has 27 heavy (non-hydrogen) atoms. The minimum Gasteiger partial charge on any atom is -0.481 e. The first-order valence-corrected chi connectivity index (χ1v) is 10.0. The van der Waals surface area contributed by atoms with Crippen LogP contribution in [0.2, 0.25) is 0 Å². The number of amides is 1. The molecule has 1 heterocycles. The number of benzene rings is 1. The lowest BCUT2D eigenvalue weighted by atomic mass is 10.1. The number of carboxylic acid groups (broad SMARTS) is 1. The summed E-state index contributed by atoms with van der Waals surface area (Å²) >= 11 is 0. The summed E-state index contributed by atoms with van der Waals surface area (Å²) in [5.74, 6) is -3.08. The fourth-order valence-electron chi connectivity index (χ4n) is 3.02. The quantitative estimate of drug-likeness (QED) is 0.595. The summed E-state index contributed by atoms with van der Waals surface area (Å²) < 4.78 is 31.7. The van der Waals surface area contributed by atoms with Gasteiger partial charge in [-0.2, -0.15) is 0 Å². The maximum atomic E-state index is 12.8. The van der Waals surface area contributed by atoms with Gasteiger partial charge in [0.05, 0.1) is 19.3 Å². The zero-order valence-corrected chi connectivity index (χ0v) is 15.6. The Morgan fingerprint density at radius 2 is 1.96 bits per heavy atom. The molecular weight excluding hydrogens is 376 g/mol. The summed E-state index contributed by atoms with van der Waals surface area (Å²) in [6.45, 7) is 0.231. The maximum absolute atomic E-state index is 12.8. The van der Waals surface area contributed by atoms with Gasteiger partial charge in [-0.25, -0.2) is 17.9 Å². The van der Waals surface area contributed by atoms with Gasteiger partial charge in [0.25, 0.3) is 0 Å². The Kier molecular flexibility index (Phi) is 6.92. The van der Waals surface area contributed by atoms with Crippen LogP contribution in [-0.2, 0) is 34.9 Å². The van der Waals surface area contributed by atoms with Gasteiger partial charge in [-0.3, -0.25) is 9.59 Å². The lowest BCUT2D eigenvalue weighted by Gasteiger charge is -2.27. The molecule has 148 valence electrons. The average Bonchev–Trinajstić information content (AvgIpc) is 3.09. The highest BCUT2D eigenvalue weighted by Gasteiger charge is 2.39. The molecule has 1 aliphatic heterocycles. The predicted molar refractivity (Wildman–Crippen MR) is 95.0 cm³/mol. The first-order valence-electron chi connectivity index (χ1n) is 8.37. The molecule has 1 fully saturated rings. The molecule has 10 heteroatoms. The van der Waals surface area contributed by atoms with E-state index in [0.717, 1.165) is 0 Å². The molecule has 2 N–H and O–H groups in total. The van der Waals surface area contributed by atoms with Crippen LogP contribution in [0.15, 0.2) is 30.3 Å². The van der Waals surface area contributed by atoms with Gasteiger partial charge in [0.1, 0.15) is 12.1 Å². The second-order valence-electron chi connectivity index (χ2n) is 6.23. The highest BCUT2D eigenvalue weighted by Crippen LogP contribution is 2.20. The first-order chi connectivity index (χ1) is 12.7. The minimum absolute atomic E-state index is 0.231. The van der Waals surface area contributed by atoms with Gasteiger partial charge in [-0.05, 0) is 18.4 Å². The van der Waals surface area contributed by atoms with Crippen LogP contribution in [0.3, 0.4) is 0 Å². The number of nitrogens with one attached hydrogen (secondary N) is 1. The fraction of sp³-hybridized carbons (Fsp3) is 0.471. The number of sulfonamides is 1. The van der Waals surface area contributed by atoms with Gasteiger partial charge >= 0.3 is 11.9 Å². The van der Waals surface area contributed by atoms with Crippen LogP contribution < -0.4 is 4.72 Å². The number of carbonyl (C=O) groups is 3. The summed E-state index contributed by atoms with van der Waals surface area (Å²) in [7, 11) is -2.78. The standard InChI is InChI=1S/C17H22N2O7S/c1-26-17(23)14-8-5-9-19(14)16(22)13(10-15(20)21)18-27(24,25)11-12-6-3-2-4-7-12/h2-4,6-7,13-14,18H,5,8-11H2,1H3,(H,20,21)/t13-,14+/m1/s1. The van der Waals surface area contributed by atoms with Crippen LogP contribution in [0.5, 0.6) is 0 Å². The van der Waals surface area contributed by atoms with Crippen molar-refractivity contribution >= 4 is 27.9 Å². The topological polar surface area (TPSA) is 130 Å². The van der Waals surface area contributed by atoms with E-state index < -0.39 is 52.1 Å². The first kappa shape index (κ1) is 20.8. The van der Waals surface area contributed by atoms with Crippen molar-refractivity contribution < 1.29 is 32.6 Å². The number of hydrogen-bond donors (Lipinski definition) is 2. The molecule has 0 spiro atoms. The number of methoxy groups -OCH3 is 1. The summed E-state index contributed by atoms with van der Waals surface area (Å²) in [6.07, 6.45) is 0.203. The molecular formula is C17H22N2O7S. The van der Waals surface area contributed by atoms with Crippen LogP contribution in [0, 0.1) is 0 Å². The Morgan fingerprint density at radius 3 is 2.56 bits per heavy atom. The summed E-state index contributed by atoms with van der Waals surface area (Å²) in [5.41, 5.74) is 0.500. The lowest BCUT2D eigenvalue weighted by Crippen LogP contribution is -2.52. The third kappa shape index (κ3) is 5.76. The van der Waals surface area contributed by atoms with Gasteiger partial charge in [-0.1, -0.05) is 30.3 Å². The lowest BCUT2D eigenvalue weighted by molar-refractivity contribution is -0.152. The summed E-state index contributed by atoms with van der Waals surface area (Å²) in [4.78, 5) is 36.9. The van der Waals surface area contributed by atoms with Crippen molar-refractivity contribution in [3.05, 3.63) is 35.9 Å². The Hall–Kier alpha value is -2.46. The normalized spacial score (nSPS) is 18.1. The van der Waals surface area contributed by atoms with E-state index in [2.05, 4.69) is 9.46 Å². The highest BCUT2D eigenvalue weighted by atomic mass is 32.2. The third-order valence-electron chi connectivity index (χ3n) is 4.21. The van der Waals surface area contributed by atoms with Crippen molar-refractivity contribution in [1.29, 1.82) is 0 Å². The van der Waals surface area contributed by atoms with Gasteiger partial charge in [0, 0.05) is 6.54 Å². The fourth-order valence-corrected chi connectivity index (χ4v) is 4.35. The molecule has 1 saturated heterocycles. The Labute approximate surface area is 157 Å². The number of esters is 1. The Morgan fingerprint density at radius 1 is 1.30 bits per heavy atom. The van der Waals surface area contributed by atoms with Crippen LogP contribution in [-0.4, -0.2) is 62.0 Å². The minimum atomic E-state index is -3.97. The van der Waals surface area contributed by atoms with Gasteiger partial charge < -0.3 is 14.7 Å². The molecule has 1 amide bonds. The zero-order valence-electron chi connectivity index (χ0n) is 14.8. The van der Waals surface area contributed by atoms with Crippen LogP contribution in [0.1, 0.15) is 24.8 Å². The summed E-state index contributed by atoms with van der Waals surface area (Å²) in [5, 5.41) is 9.09. The van der Waals surface area contributed by atoms with Gasteiger partial charge in [0.15, 0.2) is 0 Å². The van der Waals surface area contributed by atoms with Crippen molar-refractivity contribution in [3.63, 3.8) is 0 Å². The molecule has 0 radical (unpaired) electrons. The maximum Gasteiger partial charge on any atom is 0.328 e. The molecule has 0 aliphatic carbocycles. The molecule has 0 saturated carbocycles. The predicted octanol–water partition coefficient (Wildman–Crippen LogP) is 0.113. The Bertz CT molecular complexity index is 795. The largest absolute Gasteiger partial charge is 0.481 e. The number of nitrogens with zero attached hydrogens (tertiary/aromatic N) is 1. The molecule has 2 atom stereocenters. The number of rotatable bonds is 8. The number of hydrogen-bond acceptors (Lipinski definition) is 6. The van der Waals surface area contributed by atoms with Crippen molar-refractivity contribution in [3.8, 4) is 0 Å². The number of aliphatic carboxylic acids is 1. The molecule has 1 aromatic carbocycles. The molecule has 1 aliphatic rings. The number of likely N-dealkylation sites (tertiary alicyclic amines) is 1. The average molecular weight is 398 g/mol. The second-order valence-corrected chi connectivity index (χ2v) is 7.98. The van der Waals surface area contributed by atoms with Crippen molar-refractivity contribution in [2.45, 2.75) is 37.1 Å². The summed E-state index contributed by atoms with van der Waals surface area (Å²) in [6, 6.07) is 5.98. The monoisotopic (exact) mass is 398 g/mol. The van der Waals surface area contributed by atoms with Crippen LogP contribution >= 0.6 is 0 Å². The van der Waals surface area contributed by atoms with Crippen LogP contribution in [0.25, 0.3) is 0 Å². The van der Waals surface area contributed by atoms with E-state index in [4.69, 9.17) is 5.11 Å². The number of carbonyl (C=O) groups excluding carboxylic acids is 2. The van der Waals surface area contributed by atoms with Gasteiger partial charge in [-0.15, -0.1) is 0 Å². The van der Waals surface area contributed by atoms with E-state index >= 15 is 0 Å². The molecule has 0 aromatic heterocycles. The molecule has 9 nitrogen and oxygen atoms in total. The third-order valence-corrected chi connectivity index (χ3v) is 5.56. The van der Waals surface area contributed by atoms with Gasteiger partial charge in [0.2, 0.25) is 15.9 Å². The second kappa shape index (κ2) is 8.96. The van der Waals surface area contributed by atoms with E-state index in [9.17, 15) is 22.8 Å². The van der Waals surface area contributed by atoms with Crippen molar-refractivity contribution in [2.75, 3.05) is 13.7 Å². The zero-order chi connectivity index (χ0) is 20.0.